The fourth-order valence-corrected chi connectivity index (χ4v) is 3.72. The number of rotatable bonds is 1. The highest BCUT2D eigenvalue weighted by molar-refractivity contribution is 7.89. The Morgan fingerprint density at radius 2 is 2.25 bits per heavy atom. The molecule has 1 N–H and O–H groups in total. The van der Waals surface area contributed by atoms with Crippen LogP contribution in [0.2, 0.25) is 0 Å². The minimum Gasteiger partial charge on any atom is -0.315 e. The van der Waals surface area contributed by atoms with Crippen molar-refractivity contribution in [3.63, 3.8) is 0 Å². The highest BCUT2D eigenvalue weighted by atomic mass is 32.2. The van der Waals surface area contributed by atoms with Gasteiger partial charge >= 0.3 is 0 Å². The van der Waals surface area contributed by atoms with Crippen LogP contribution < -0.4 is 5.32 Å². The summed E-state index contributed by atoms with van der Waals surface area (Å²) in [6.45, 7) is 2.52. The smallest absolute Gasteiger partial charge is 0.214 e. The first kappa shape index (κ1) is 8.47. The Morgan fingerprint density at radius 3 is 2.75 bits per heavy atom. The van der Waals surface area contributed by atoms with Crippen molar-refractivity contribution in [1.29, 1.82) is 0 Å². The Morgan fingerprint density at radius 1 is 1.42 bits per heavy atom. The molecule has 2 aliphatic rings. The highest BCUT2D eigenvalue weighted by Gasteiger charge is 2.35. The summed E-state index contributed by atoms with van der Waals surface area (Å²) in [6, 6.07) is 0.234. The molecule has 70 valence electrons. The average molecular weight is 190 g/mol. The van der Waals surface area contributed by atoms with Gasteiger partial charge in [0.05, 0.1) is 5.75 Å². The second-order valence-electron chi connectivity index (χ2n) is 3.43. The lowest BCUT2D eigenvalue weighted by molar-refractivity contribution is 0.359. The molecule has 0 aromatic carbocycles. The molecule has 1 atom stereocenters. The molecular weight excluding hydrogens is 176 g/mol. The fraction of sp³-hybridized carbons (Fsp3) is 1.00. The van der Waals surface area contributed by atoms with Crippen molar-refractivity contribution >= 4 is 10.0 Å². The van der Waals surface area contributed by atoms with Crippen LogP contribution in [0, 0.1) is 0 Å². The van der Waals surface area contributed by atoms with E-state index < -0.39 is 10.0 Å². The summed E-state index contributed by atoms with van der Waals surface area (Å²) in [5.74, 6) is 0.351. The minimum atomic E-state index is -2.88. The Hall–Kier alpha value is -0.130. The monoisotopic (exact) mass is 190 g/mol. The molecule has 4 nitrogen and oxygen atoms in total. The quantitative estimate of drug-likeness (QED) is 0.600. The fourth-order valence-electron chi connectivity index (χ4n) is 1.95. The maximum Gasteiger partial charge on any atom is 0.214 e. The third-order valence-electron chi connectivity index (χ3n) is 2.58. The Bertz CT molecular complexity index is 257. The van der Waals surface area contributed by atoms with Gasteiger partial charge in [0, 0.05) is 19.1 Å². The van der Waals surface area contributed by atoms with Crippen molar-refractivity contribution in [2.24, 2.45) is 0 Å². The van der Waals surface area contributed by atoms with Crippen molar-refractivity contribution in [2.75, 3.05) is 25.4 Å². The molecular formula is C7H14N2O2S. The van der Waals surface area contributed by atoms with E-state index in [4.69, 9.17) is 0 Å². The van der Waals surface area contributed by atoms with Crippen LogP contribution in [0.5, 0.6) is 0 Å². The molecule has 0 bridgehead atoms. The molecule has 0 radical (unpaired) electrons. The lowest BCUT2D eigenvalue weighted by atomic mass is 10.2. The van der Waals surface area contributed by atoms with Gasteiger partial charge in [-0.1, -0.05) is 0 Å². The molecule has 0 spiro atoms. The maximum absolute atomic E-state index is 11.4. The number of hydrogen-bond donors (Lipinski definition) is 1. The SMILES string of the molecule is O=S1(=O)CCCN1C1CCNC1. The van der Waals surface area contributed by atoms with Crippen molar-refractivity contribution < 1.29 is 8.42 Å². The number of nitrogens with one attached hydrogen (secondary N) is 1. The van der Waals surface area contributed by atoms with Gasteiger partial charge in [-0.15, -0.1) is 0 Å². The first-order valence-electron chi connectivity index (χ1n) is 4.40. The zero-order chi connectivity index (χ0) is 8.60. The summed E-state index contributed by atoms with van der Waals surface area (Å²) in [7, 11) is -2.88. The van der Waals surface area contributed by atoms with Crippen molar-refractivity contribution in [2.45, 2.75) is 18.9 Å². The van der Waals surface area contributed by atoms with E-state index >= 15 is 0 Å². The molecule has 1 unspecified atom stereocenters. The molecule has 2 rings (SSSR count). The molecule has 12 heavy (non-hydrogen) atoms. The Labute approximate surface area is 73.0 Å². The molecule has 2 heterocycles. The van der Waals surface area contributed by atoms with E-state index in [-0.39, 0.29) is 6.04 Å². The van der Waals surface area contributed by atoms with Crippen LogP contribution in [-0.2, 0) is 10.0 Å². The van der Waals surface area contributed by atoms with Gasteiger partial charge in [0.1, 0.15) is 0 Å². The van der Waals surface area contributed by atoms with E-state index in [2.05, 4.69) is 5.32 Å². The van der Waals surface area contributed by atoms with Gasteiger partial charge in [0.2, 0.25) is 10.0 Å². The van der Waals surface area contributed by atoms with E-state index in [0.717, 1.165) is 32.5 Å². The molecule has 2 aliphatic heterocycles. The van der Waals surface area contributed by atoms with E-state index in [1.807, 2.05) is 0 Å². The van der Waals surface area contributed by atoms with Gasteiger partial charge in [0.25, 0.3) is 0 Å². The van der Waals surface area contributed by atoms with Gasteiger partial charge in [-0.3, -0.25) is 0 Å². The third-order valence-corrected chi connectivity index (χ3v) is 4.58. The van der Waals surface area contributed by atoms with Gasteiger partial charge < -0.3 is 5.32 Å². The van der Waals surface area contributed by atoms with Crippen molar-refractivity contribution in [1.82, 2.24) is 9.62 Å². The van der Waals surface area contributed by atoms with E-state index in [9.17, 15) is 8.42 Å². The third kappa shape index (κ3) is 1.36. The van der Waals surface area contributed by atoms with E-state index in [1.54, 1.807) is 4.31 Å². The molecule has 0 aromatic rings. The predicted molar refractivity (Wildman–Crippen MR) is 46.4 cm³/mol. The zero-order valence-corrected chi connectivity index (χ0v) is 7.81. The second kappa shape index (κ2) is 2.97. The number of nitrogens with zero attached hydrogens (tertiary/aromatic N) is 1. The normalized spacial score (nSPS) is 35.8. The Balaban J connectivity index is 2.12. The van der Waals surface area contributed by atoms with Crippen LogP contribution in [0.3, 0.4) is 0 Å². The molecule has 2 saturated heterocycles. The van der Waals surface area contributed by atoms with Crippen LogP contribution >= 0.6 is 0 Å². The van der Waals surface area contributed by atoms with Crippen LogP contribution in [-0.4, -0.2) is 44.2 Å². The minimum absolute atomic E-state index is 0.234. The highest BCUT2D eigenvalue weighted by Crippen LogP contribution is 2.20. The standard InChI is InChI=1S/C7H14N2O2S/c10-12(11)5-1-4-9(12)7-2-3-8-6-7/h7-8H,1-6H2. The summed E-state index contributed by atoms with van der Waals surface area (Å²) in [6.07, 6.45) is 1.78. The molecule has 2 fully saturated rings. The first-order valence-corrected chi connectivity index (χ1v) is 6.01. The van der Waals surface area contributed by atoms with Crippen LogP contribution in [0.1, 0.15) is 12.8 Å². The summed E-state index contributed by atoms with van der Waals surface area (Å²) < 4.78 is 24.6. The summed E-state index contributed by atoms with van der Waals surface area (Å²) >= 11 is 0. The predicted octanol–water partition coefficient (Wildman–Crippen LogP) is -0.616. The van der Waals surface area contributed by atoms with Gasteiger partial charge in [-0.25, -0.2) is 8.42 Å². The van der Waals surface area contributed by atoms with Crippen molar-refractivity contribution in [3.05, 3.63) is 0 Å². The maximum atomic E-state index is 11.4. The average Bonchev–Trinajstić information content (AvgIpc) is 2.55. The largest absolute Gasteiger partial charge is 0.315 e. The van der Waals surface area contributed by atoms with Crippen LogP contribution in [0.25, 0.3) is 0 Å². The summed E-state index contributed by atoms with van der Waals surface area (Å²) in [4.78, 5) is 0. The lowest BCUT2D eigenvalue weighted by Crippen LogP contribution is -2.37. The molecule has 0 aromatic heterocycles. The molecule has 0 aliphatic carbocycles. The number of sulfonamides is 1. The molecule has 5 heteroatoms. The number of hydrogen-bond acceptors (Lipinski definition) is 3. The lowest BCUT2D eigenvalue weighted by Gasteiger charge is -2.20. The Kier molecular flexibility index (Phi) is 2.10. The first-order chi connectivity index (χ1) is 5.70. The topological polar surface area (TPSA) is 49.4 Å². The molecule has 0 saturated carbocycles. The zero-order valence-electron chi connectivity index (χ0n) is 6.99. The van der Waals surface area contributed by atoms with Gasteiger partial charge in [0.15, 0.2) is 0 Å². The van der Waals surface area contributed by atoms with Gasteiger partial charge in [-0.05, 0) is 19.4 Å². The van der Waals surface area contributed by atoms with Crippen LogP contribution in [0.15, 0.2) is 0 Å². The summed E-state index contributed by atoms with van der Waals surface area (Å²) in [5, 5.41) is 3.18. The van der Waals surface area contributed by atoms with E-state index in [1.165, 1.54) is 0 Å². The van der Waals surface area contributed by atoms with E-state index in [0.29, 0.717) is 5.75 Å². The van der Waals surface area contributed by atoms with Crippen molar-refractivity contribution in [3.8, 4) is 0 Å². The second-order valence-corrected chi connectivity index (χ2v) is 5.47. The van der Waals surface area contributed by atoms with Gasteiger partial charge in [-0.2, -0.15) is 4.31 Å². The molecule has 0 amide bonds. The summed E-state index contributed by atoms with van der Waals surface area (Å²) in [5.41, 5.74) is 0. The van der Waals surface area contributed by atoms with Crippen LogP contribution in [0.4, 0.5) is 0 Å².